The number of aromatic nitrogens is 4. The molecule has 1 N–H and O–H groups in total. The molecule has 8 nitrogen and oxygen atoms in total. The van der Waals surface area contributed by atoms with Gasteiger partial charge in [-0.15, -0.1) is 10.2 Å². The van der Waals surface area contributed by atoms with Crippen LogP contribution < -0.4 is 10.2 Å². The zero-order valence-electron chi connectivity index (χ0n) is 16.2. The Kier molecular flexibility index (Phi) is 5.10. The molecule has 1 atom stereocenters. The molecular weight excluding hydrogens is 354 g/mol. The number of rotatable bonds is 4. The molecule has 146 valence electrons. The molecule has 1 amide bonds. The minimum Gasteiger partial charge on any atom is -0.381 e. The van der Waals surface area contributed by atoms with E-state index in [9.17, 15) is 4.79 Å². The van der Waals surface area contributed by atoms with Crippen LogP contribution in [-0.4, -0.2) is 63.6 Å². The van der Waals surface area contributed by atoms with E-state index in [1.807, 2.05) is 48.3 Å². The van der Waals surface area contributed by atoms with E-state index in [0.29, 0.717) is 11.6 Å². The van der Waals surface area contributed by atoms with Crippen LogP contribution in [0.1, 0.15) is 29.6 Å². The Bertz CT molecular complexity index is 951. The summed E-state index contributed by atoms with van der Waals surface area (Å²) in [7, 11) is 3.96. The number of anilines is 2. The van der Waals surface area contributed by atoms with Gasteiger partial charge in [-0.05, 0) is 43.5 Å². The van der Waals surface area contributed by atoms with Crippen LogP contribution >= 0.6 is 0 Å². The second-order valence-corrected chi connectivity index (χ2v) is 7.38. The number of nitrogens with one attached hydrogen (secondary N) is 1. The Morgan fingerprint density at radius 3 is 2.86 bits per heavy atom. The first kappa shape index (κ1) is 18.2. The lowest BCUT2D eigenvalue weighted by atomic mass is 10.1. The average molecular weight is 379 g/mol. The largest absolute Gasteiger partial charge is 0.381 e. The Hall–Kier alpha value is -3.16. The summed E-state index contributed by atoms with van der Waals surface area (Å²) in [6.45, 7) is 1.51. The summed E-state index contributed by atoms with van der Waals surface area (Å²) in [5, 5.41) is 11.4. The first-order valence-corrected chi connectivity index (χ1v) is 9.59. The quantitative estimate of drug-likeness (QED) is 0.749. The van der Waals surface area contributed by atoms with Crippen molar-refractivity contribution in [1.29, 1.82) is 0 Å². The van der Waals surface area contributed by atoms with E-state index in [0.717, 1.165) is 49.5 Å². The summed E-state index contributed by atoms with van der Waals surface area (Å²) in [4.78, 5) is 21.3. The highest BCUT2D eigenvalue weighted by atomic mass is 16.2. The molecule has 0 aromatic carbocycles. The normalized spacial score (nSPS) is 17.4. The minimum absolute atomic E-state index is 0.0632. The van der Waals surface area contributed by atoms with Crippen LogP contribution in [0, 0.1) is 0 Å². The first-order valence-electron chi connectivity index (χ1n) is 9.59. The number of carbonyl (C=O) groups excluding carboxylic acids is 1. The Morgan fingerprint density at radius 1 is 1.18 bits per heavy atom. The maximum Gasteiger partial charge on any atom is 0.255 e. The monoisotopic (exact) mass is 379 g/mol. The van der Waals surface area contributed by atoms with Gasteiger partial charge in [0.2, 0.25) is 0 Å². The molecule has 0 spiro atoms. The highest BCUT2D eigenvalue weighted by Crippen LogP contribution is 2.19. The summed E-state index contributed by atoms with van der Waals surface area (Å²) in [6, 6.07) is 8.06. The van der Waals surface area contributed by atoms with Crippen molar-refractivity contribution >= 4 is 23.1 Å². The van der Waals surface area contributed by atoms with Crippen LogP contribution in [0.4, 0.5) is 11.5 Å². The van der Waals surface area contributed by atoms with Crippen molar-refractivity contribution in [2.45, 2.75) is 25.3 Å². The van der Waals surface area contributed by atoms with Crippen molar-refractivity contribution in [3.8, 4) is 0 Å². The third-order valence-electron chi connectivity index (χ3n) is 5.13. The van der Waals surface area contributed by atoms with Crippen LogP contribution in [-0.2, 0) is 0 Å². The van der Waals surface area contributed by atoms with Gasteiger partial charge < -0.3 is 15.1 Å². The molecule has 3 aromatic rings. The van der Waals surface area contributed by atoms with E-state index < -0.39 is 0 Å². The predicted octanol–water partition coefficient (Wildman–Crippen LogP) is 2.30. The summed E-state index contributed by atoms with van der Waals surface area (Å²) in [5.74, 6) is 1.00. The molecule has 28 heavy (non-hydrogen) atoms. The first-order chi connectivity index (χ1) is 13.6. The van der Waals surface area contributed by atoms with Gasteiger partial charge in [-0.3, -0.25) is 9.20 Å². The fraction of sp³-hybridized carbons (Fsp3) is 0.400. The van der Waals surface area contributed by atoms with Gasteiger partial charge in [-0.25, -0.2) is 4.98 Å². The number of fused-ring (bicyclic) bond motifs is 1. The number of hydrogen-bond donors (Lipinski definition) is 1. The van der Waals surface area contributed by atoms with Gasteiger partial charge in [-0.2, -0.15) is 0 Å². The molecule has 1 aliphatic heterocycles. The zero-order valence-corrected chi connectivity index (χ0v) is 16.2. The van der Waals surface area contributed by atoms with E-state index in [1.165, 1.54) is 0 Å². The Labute approximate surface area is 164 Å². The number of hydrogen-bond acceptors (Lipinski definition) is 6. The van der Waals surface area contributed by atoms with Crippen molar-refractivity contribution in [1.82, 2.24) is 24.5 Å². The molecule has 1 fully saturated rings. The van der Waals surface area contributed by atoms with Crippen LogP contribution in [0.3, 0.4) is 0 Å². The highest BCUT2D eigenvalue weighted by molar-refractivity contribution is 5.94. The van der Waals surface area contributed by atoms with E-state index in [2.05, 4.69) is 26.6 Å². The number of likely N-dealkylation sites (tertiary alicyclic amines) is 1. The summed E-state index contributed by atoms with van der Waals surface area (Å²) < 4.78 is 1.78. The summed E-state index contributed by atoms with van der Waals surface area (Å²) in [5.41, 5.74) is 2.43. The van der Waals surface area contributed by atoms with Crippen LogP contribution in [0.5, 0.6) is 0 Å². The van der Waals surface area contributed by atoms with Gasteiger partial charge in [-0.1, -0.05) is 0 Å². The topological polar surface area (TPSA) is 78.7 Å². The van der Waals surface area contributed by atoms with E-state index >= 15 is 0 Å². The predicted molar refractivity (Wildman–Crippen MR) is 109 cm³/mol. The lowest BCUT2D eigenvalue weighted by Crippen LogP contribution is -2.32. The zero-order chi connectivity index (χ0) is 19.5. The Balaban J connectivity index is 1.38. The van der Waals surface area contributed by atoms with Crippen LogP contribution in [0.15, 0.2) is 43.0 Å². The second kappa shape index (κ2) is 7.84. The molecule has 0 unspecified atom stereocenters. The maximum atomic E-state index is 12.9. The van der Waals surface area contributed by atoms with E-state index in [1.54, 1.807) is 16.9 Å². The summed E-state index contributed by atoms with van der Waals surface area (Å²) >= 11 is 0. The highest BCUT2D eigenvalue weighted by Gasteiger charge is 2.22. The molecule has 1 aliphatic rings. The molecule has 0 bridgehead atoms. The maximum absolute atomic E-state index is 12.9. The Morgan fingerprint density at radius 2 is 2.07 bits per heavy atom. The standard InChI is InChI=1S/C20H25N7O/c1-25(2)18-8-6-17(12-21-18)23-16-4-3-10-26(11-9-16)20(28)15-5-7-19-24-22-14-27(19)13-15/h5-8,12-14,16,23H,3-4,9-11H2,1-2H3/t16-/m0/s1. The number of carbonyl (C=O) groups is 1. The average Bonchev–Trinajstić information content (AvgIpc) is 3.06. The van der Waals surface area contributed by atoms with Crippen molar-refractivity contribution in [2.24, 2.45) is 0 Å². The number of nitrogens with zero attached hydrogens (tertiary/aromatic N) is 6. The number of amides is 1. The van der Waals surface area contributed by atoms with Gasteiger partial charge in [0.05, 0.1) is 17.4 Å². The van der Waals surface area contributed by atoms with Crippen molar-refractivity contribution in [3.63, 3.8) is 0 Å². The molecule has 0 aliphatic carbocycles. The molecule has 4 rings (SSSR count). The van der Waals surface area contributed by atoms with E-state index in [4.69, 9.17) is 0 Å². The van der Waals surface area contributed by atoms with Crippen LogP contribution in [0.2, 0.25) is 0 Å². The number of pyridine rings is 2. The third-order valence-corrected chi connectivity index (χ3v) is 5.13. The second-order valence-electron chi connectivity index (χ2n) is 7.38. The van der Waals surface area contributed by atoms with E-state index in [-0.39, 0.29) is 5.91 Å². The fourth-order valence-corrected chi connectivity index (χ4v) is 3.55. The van der Waals surface area contributed by atoms with Gasteiger partial charge in [0.1, 0.15) is 12.1 Å². The molecule has 4 heterocycles. The van der Waals surface area contributed by atoms with Gasteiger partial charge in [0, 0.05) is 39.4 Å². The van der Waals surface area contributed by atoms with Gasteiger partial charge in [0.25, 0.3) is 5.91 Å². The van der Waals surface area contributed by atoms with Crippen LogP contribution in [0.25, 0.3) is 5.65 Å². The molecule has 1 saturated heterocycles. The fourth-order valence-electron chi connectivity index (χ4n) is 3.55. The minimum atomic E-state index is 0.0632. The van der Waals surface area contributed by atoms with Crippen molar-refractivity contribution in [3.05, 3.63) is 48.5 Å². The molecule has 3 aromatic heterocycles. The van der Waals surface area contributed by atoms with Gasteiger partial charge in [0.15, 0.2) is 5.65 Å². The lowest BCUT2D eigenvalue weighted by molar-refractivity contribution is 0.0761. The lowest BCUT2D eigenvalue weighted by Gasteiger charge is -2.21. The third kappa shape index (κ3) is 3.90. The van der Waals surface area contributed by atoms with Crippen molar-refractivity contribution < 1.29 is 4.79 Å². The molecule has 0 radical (unpaired) electrons. The molecular formula is C20H25N7O. The summed E-state index contributed by atoms with van der Waals surface area (Å²) in [6.07, 6.45) is 8.21. The SMILES string of the molecule is CN(C)c1ccc(N[C@H]2CCCN(C(=O)c3ccc4nncn4c3)CC2)cn1. The molecule has 0 saturated carbocycles. The molecule has 8 heteroatoms. The van der Waals surface area contributed by atoms with Gasteiger partial charge >= 0.3 is 0 Å². The van der Waals surface area contributed by atoms with Crippen molar-refractivity contribution in [2.75, 3.05) is 37.4 Å². The smallest absolute Gasteiger partial charge is 0.255 e.